The molecule has 2 rings (SSSR count). The lowest BCUT2D eigenvalue weighted by Crippen LogP contribution is -2.51. The predicted molar refractivity (Wildman–Crippen MR) is 62.0 cm³/mol. The molecule has 2 fully saturated rings. The van der Waals surface area contributed by atoms with Crippen LogP contribution in [0.3, 0.4) is 0 Å². The second kappa shape index (κ2) is 5.28. The molecule has 2 saturated heterocycles. The zero-order chi connectivity index (χ0) is 10.7. The van der Waals surface area contributed by atoms with Crippen molar-refractivity contribution < 1.29 is 4.74 Å². The van der Waals surface area contributed by atoms with Crippen LogP contribution in [-0.2, 0) is 4.74 Å². The highest BCUT2D eigenvalue weighted by atomic mass is 16.5. The second-order valence-corrected chi connectivity index (χ2v) is 5.19. The highest BCUT2D eigenvalue weighted by Gasteiger charge is 2.26. The van der Waals surface area contributed by atoms with Crippen LogP contribution in [-0.4, -0.2) is 50.3 Å². The van der Waals surface area contributed by atoms with Crippen molar-refractivity contribution in [3.8, 4) is 0 Å². The molecule has 0 aromatic heterocycles. The first-order valence-electron chi connectivity index (χ1n) is 6.28. The third-order valence-electron chi connectivity index (χ3n) is 3.78. The van der Waals surface area contributed by atoms with Crippen LogP contribution in [0.5, 0.6) is 0 Å². The molecule has 0 spiro atoms. The largest absolute Gasteiger partial charge is 0.381 e. The average molecular weight is 212 g/mol. The van der Waals surface area contributed by atoms with E-state index in [0.717, 1.165) is 25.2 Å². The summed E-state index contributed by atoms with van der Waals surface area (Å²) < 4.78 is 5.38. The SMILES string of the molecule is CC1CN(C)CCC1NC1CCOCC1. The Kier molecular flexibility index (Phi) is 4.00. The van der Waals surface area contributed by atoms with E-state index in [1.165, 1.54) is 32.4 Å². The summed E-state index contributed by atoms with van der Waals surface area (Å²) in [6, 6.07) is 1.43. The maximum Gasteiger partial charge on any atom is 0.0480 e. The topological polar surface area (TPSA) is 24.5 Å². The Morgan fingerprint density at radius 3 is 2.60 bits per heavy atom. The lowest BCUT2D eigenvalue weighted by Gasteiger charge is -2.38. The Balaban J connectivity index is 1.77. The Bertz CT molecular complexity index is 192. The predicted octanol–water partition coefficient (Wildman–Crippen LogP) is 1.10. The molecule has 2 heterocycles. The molecule has 0 saturated carbocycles. The zero-order valence-corrected chi connectivity index (χ0v) is 10.0. The van der Waals surface area contributed by atoms with E-state index in [1.807, 2.05) is 0 Å². The van der Waals surface area contributed by atoms with E-state index in [0.29, 0.717) is 6.04 Å². The fourth-order valence-electron chi connectivity index (χ4n) is 2.77. The van der Waals surface area contributed by atoms with E-state index in [2.05, 4.69) is 24.2 Å². The molecule has 1 N–H and O–H groups in total. The van der Waals surface area contributed by atoms with Gasteiger partial charge in [0, 0.05) is 31.8 Å². The molecule has 0 aromatic carbocycles. The van der Waals surface area contributed by atoms with E-state index < -0.39 is 0 Å². The van der Waals surface area contributed by atoms with Gasteiger partial charge in [-0.3, -0.25) is 0 Å². The minimum Gasteiger partial charge on any atom is -0.381 e. The molecule has 2 aliphatic rings. The molecular formula is C12H24N2O. The lowest BCUT2D eigenvalue weighted by molar-refractivity contribution is 0.0663. The molecule has 0 aliphatic carbocycles. The zero-order valence-electron chi connectivity index (χ0n) is 10.0. The average Bonchev–Trinajstić information content (AvgIpc) is 2.24. The standard InChI is InChI=1S/C12H24N2O/c1-10-9-14(2)6-3-12(10)13-11-4-7-15-8-5-11/h10-13H,3-9H2,1-2H3. The van der Waals surface area contributed by atoms with Crippen molar-refractivity contribution in [1.82, 2.24) is 10.2 Å². The van der Waals surface area contributed by atoms with Crippen LogP contribution in [0.1, 0.15) is 26.2 Å². The summed E-state index contributed by atoms with van der Waals surface area (Å²) in [5.74, 6) is 0.784. The summed E-state index contributed by atoms with van der Waals surface area (Å²) in [5.41, 5.74) is 0. The fourth-order valence-corrected chi connectivity index (χ4v) is 2.77. The highest BCUT2D eigenvalue weighted by molar-refractivity contribution is 4.85. The number of nitrogens with zero attached hydrogens (tertiary/aromatic N) is 1. The van der Waals surface area contributed by atoms with Crippen molar-refractivity contribution in [3.05, 3.63) is 0 Å². The molecule has 88 valence electrons. The van der Waals surface area contributed by atoms with Crippen molar-refractivity contribution in [2.45, 2.75) is 38.3 Å². The Labute approximate surface area is 93.2 Å². The third kappa shape index (κ3) is 3.16. The Morgan fingerprint density at radius 2 is 1.93 bits per heavy atom. The first-order chi connectivity index (χ1) is 7.25. The number of hydrogen-bond acceptors (Lipinski definition) is 3. The molecule has 3 heteroatoms. The van der Waals surface area contributed by atoms with Crippen LogP contribution in [0.15, 0.2) is 0 Å². The van der Waals surface area contributed by atoms with Gasteiger partial charge >= 0.3 is 0 Å². The monoisotopic (exact) mass is 212 g/mol. The molecule has 2 aliphatic heterocycles. The van der Waals surface area contributed by atoms with Crippen LogP contribution < -0.4 is 5.32 Å². The van der Waals surface area contributed by atoms with Crippen LogP contribution in [0, 0.1) is 5.92 Å². The fraction of sp³-hybridized carbons (Fsp3) is 1.00. The summed E-state index contributed by atoms with van der Waals surface area (Å²) >= 11 is 0. The number of likely N-dealkylation sites (tertiary alicyclic amines) is 1. The van der Waals surface area contributed by atoms with Crippen molar-refractivity contribution >= 4 is 0 Å². The maximum atomic E-state index is 5.38. The van der Waals surface area contributed by atoms with Crippen LogP contribution in [0.2, 0.25) is 0 Å². The summed E-state index contributed by atoms with van der Waals surface area (Å²) in [4.78, 5) is 2.44. The highest BCUT2D eigenvalue weighted by Crippen LogP contribution is 2.18. The molecule has 0 aromatic rings. The number of rotatable bonds is 2. The molecule has 2 unspecified atom stereocenters. The van der Waals surface area contributed by atoms with E-state index >= 15 is 0 Å². The van der Waals surface area contributed by atoms with Crippen LogP contribution >= 0.6 is 0 Å². The summed E-state index contributed by atoms with van der Waals surface area (Å²) in [6.45, 7) is 6.73. The normalized spacial score (nSPS) is 35.6. The number of ether oxygens (including phenoxy) is 1. The maximum absolute atomic E-state index is 5.38. The third-order valence-corrected chi connectivity index (χ3v) is 3.78. The van der Waals surface area contributed by atoms with Gasteiger partial charge in [0.15, 0.2) is 0 Å². The van der Waals surface area contributed by atoms with Gasteiger partial charge in [-0.15, -0.1) is 0 Å². The first-order valence-corrected chi connectivity index (χ1v) is 6.28. The lowest BCUT2D eigenvalue weighted by atomic mass is 9.92. The van der Waals surface area contributed by atoms with E-state index in [-0.39, 0.29) is 0 Å². The van der Waals surface area contributed by atoms with Gasteiger partial charge in [0.2, 0.25) is 0 Å². The van der Waals surface area contributed by atoms with Crippen LogP contribution in [0.4, 0.5) is 0 Å². The van der Waals surface area contributed by atoms with Gasteiger partial charge in [0.05, 0.1) is 0 Å². The van der Waals surface area contributed by atoms with E-state index in [1.54, 1.807) is 0 Å². The van der Waals surface area contributed by atoms with Crippen molar-refractivity contribution in [2.75, 3.05) is 33.4 Å². The first kappa shape index (κ1) is 11.4. The summed E-state index contributed by atoms with van der Waals surface area (Å²) in [6.07, 6.45) is 3.69. The summed E-state index contributed by atoms with van der Waals surface area (Å²) in [5, 5.41) is 3.82. The second-order valence-electron chi connectivity index (χ2n) is 5.19. The molecule has 15 heavy (non-hydrogen) atoms. The van der Waals surface area contributed by atoms with Gasteiger partial charge in [-0.25, -0.2) is 0 Å². The molecular weight excluding hydrogens is 188 g/mol. The number of hydrogen-bond donors (Lipinski definition) is 1. The van der Waals surface area contributed by atoms with Gasteiger partial charge in [0.1, 0.15) is 0 Å². The van der Waals surface area contributed by atoms with E-state index in [4.69, 9.17) is 4.74 Å². The number of nitrogens with one attached hydrogen (secondary N) is 1. The van der Waals surface area contributed by atoms with Gasteiger partial charge in [-0.05, 0) is 38.8 Å². The Morgan fingerprint density at radius 1 is 1.20 bits per heavy atom. The Hall–Kier alpha value is -0.120. The quantitative estimate of drug-likeness (QED) is 0.742. The van der Waals surface area contributed by atoms with Crippen molar-refractivity contribution in [1.29, 1.82) is 0 Å². The van der Waals surface area contributed by atoms with Gasteiger partial charge in [0.25, 0.3) is 0 Å². The molecule has 3 nitrogen and oxygen atoms in total. The van der Waals surface area contributed by atoms with Crippen molar-refractivity contribution in [2.24, 2.45) is 5.92 Å². The molecule has 0 amide bonds. The van der Waals surface area contributed by atoms with E-state index in [9.17, 15) is 0 Å². The van der Waals surface area contributed by atoms with Gasteiger partial charge in [-0.2, -0.15) is 0 Å². The number of piperidine rings is 1. The smallest absolute Gasteiger partial charge is 0.0480 e. The van der Waals surface area contributed by atoms with Crippen LogP contribution in [0.25, 0.3) is 0 Å². The minimum atomic E-state index is 0.703. The minimum absolute atomic E-state index is 0.703. The van der Waals surface area contributed by atoms with Crippen molar-refractivity contribution in [3.63, 3.8) is 0 Å². The molecule has 2 atom stereocenters. The molecule has 0 bridgehead atoms. The summed E-state index contributed by atoms with van der Waals surface area (Å²) in [7, 11) is 2.22. The van der Waals surface area contributed by atoms with Gasteiger partial charge < -0.3 is 15.0 Å². The molecule has 0 radical (unpaired) electrons. The van der Waals surface area contributed by atoms with Gasteiger partial charge in [-0.1, -0.05) is 6.92 Å².